The summed E-state index contributed by atoms with van der Waals surface area (Å²) in [6, 6.07) is 5.14. The fourth-order valence-corrected chi connectivity index (χ4v) is 2.71. The van der Waals surface area contributed by atoms with Gasteiger partial charge >= 0.3 is 0 Å². The van der Waals surface area contributed by atoms with Gasteiger partial charge in [0.15, 0.2) is 11.6 Å². The highest BCUT2D eigenvalue weighted by Crippen LogP contribution is 2.31. The Bertz CT molecular complexity index is 444. The van der Waals surface area contributed by atoms with Gasteiger partial charge in [-0.2, -0.15) is 0 Å². The van der Waals surface area contributed by atoms with E-state index in [9.17, 15) is 4.39 Å². The number of nitrogens with one attached hydrogen (secondary N) is 1. The van der Waals surface area contributed by atoms with Crippen LogP contribution in [0.5, 0.6) is 5.75 Å². The molecule has 1 N–H and O–H groups in total. The highest BCUT2D eigenvalue weighted by Gasteiger charge is 2.43. The van der Waals surface area contributed by atoms with Gasteiger partial charge in [-0.15, -0.1) is 0 Å². The van der Waals surface area contributed by atoms with Crippen LogP contribution in [0.4, 0.5) is 4.39 Å². The Kier molecular flexibility index (Phi) is 5.81. The maximum atomic E-state index is 13.8. The van der Waals surface area contributed by atoms with Gasteiger partial charge in [0, 0.05) is 23.5 Å². The quantitative estimate of drug-likeness (QED) is 0.820. The lowest BCUT2D eigenvalue weighted by Gasteiger charge is -2.44. The maximum absolute atomic E-state index is 13.8. The second kappa shape index (κ2) is 7.38. The van der Waals surface area contributed by atoms with Crippen LogP contribution in [0.25, 0.3) is 0 Å². The first-order valence-electron chi connectivity index (χ1n) is 7.12. The monoisotopic (exact) mass is 345 g/mol. The summed E-state index contributed by atoms with van der Waals surface area (Å²) in [7, 11) is 0. The van der Waals surface area contributed by atoms with Crippen molar-refractivity contribution in [2.75, 3.05) is 13.2 Å². The molecule has 1 aliphatic carbocycles. The van der Waals surface area contributed by atoms with Crippen LogP contribution in [0.2, 0.25) is 0 Å². The van der Waals surface area contributed by atoms with Gasteiger partial charge in [-0.1, -0.05) is 22.9 Å². The molecule has 0 amide bonds. The Morgan fingerprint density at radius 1 is 1.40 bits per heavy atom. The Labute approximate surface area is 128 Å². The Morgan fingerprint density at radius 2 is 2.20 bits per heavy atom. The number of rotatable bonds is 7. The Hall–Kier alpha value is -0.650. The van der Waals surface area contributed by atoms with Crippen LogP contribution in [-0.4, -0.2) is 31.4 Å². The third kappa shape index (κ3) is 3.71. The van der Waals surface area contributed by atoms with Crippen molar-refractivity contribution in [3.63, 3.8) is 0 Å². The summed E-state index contributed by atoms with van der Waals surface area (Å²) in [6.45, 7) is 5.70. The van der Waals surface area contributed by atoms with E-state index in [0.717, 1.165) is 19.4 Å². The molecule has 3 unspecified atom stereocenters. The average Bonchev–Trinajstić information content (AvgIpc) is 2.41. The second-order valence-corrected chi connectivity index (χ2v) is 5.86. The molecular weight excluding hydrogens is 325 g/mol. The lowest BCUT2D eigenvalue weighted by atomic mass is 9.85. The molecule has 112 valence electrons. The molecule has 0 saturated heterocycles. The minimum absolute atomic E-state index is 0.00500. The molecule has 3 atom stereocenters. The van der Waals surface area contributed by atoms with Crippen LogP contribution in [-0.2, 0) is 4.74 Å². The summed E-state index contributed by atoms with van der Waals surface area (Å²) in [5.41, 5.74) is 0. The van der Waals surface area contributed by atoms with Gasteiger partial charge in [-0.3, -0.25) is 0 Å². The van der Waals surface area contributed by atoms with Crippen molar-refractivity contribution in [3.8, 4) is 5.75 Å². The molecule has 0 radical (unpaired) electrons. The molecule has 3 nitrogen and oxygen atoms in total. The van der Waals surface area contributed by atoms with E-state index < -0.39 is 0 Å². The Morgan fingerprint density at radius 3 is 2.85 bits per heavy atom. The van der Waals surface area contributed by atoms with Crippen molar-refractivity contribution in [1.29, 1.82) is 0 Å². The molecule has 5 heteroatoms. The van der Waals surface area contributed by atoms with E-state index in [1.165, 1.54) is 6.07 Å². The van der Waals surface area contributed by atoms with Gasteiger partial charge in [0.2, 0.25) is 0 Å². The molecule has 1 fully saturated rings. The first kappa shape index (κ1) is 15.7. The van der Waals surface area contributed by atoms with Gasteiger partial charge in [-0.05, 0) is 38.1 Å². The predicted molar refractivity (Wildman–Crippen MR) is 80.6 cm³/mol. The van der Waals surface area contributed by atoms with E-state index in [2.05, 4.69) is 28.2 Å². The van der Waals surface area contributed by atoms with Crippen molar-refractivity contribution in [3.05, 3.63) is 28.5 Å². The minimum Gasteiger partial charge on any atom is -0.485 e. The van der Waals surface area contributed by atoms with E-state index in [0.29, 0.717) is 17.1 Å². The van der Waals surface area contributed by atoms with Gasteiger partial charge < -0.3 is 14.8 Å². The average molecular weight is 346 g/mol. The molecule has 0 bridgehead atoms. The number of hydrogen-bond acceptors (Lipinski definition) is 3. The van der Waals surface area contributed by atoms with Crippen molar-refractivity contribution in [2.45, 2.75) is 44.9 Å². The zero-order valence-corrected chi connectivity index (χ0v) is 13.5. The molecule has 0 aliphatic heterocycles. The molecule has 0 spiro atoms. The number of hydrogen-bond donors (Lipinski definition) is 1. The van der Waals surface area contributed by atoms with E-state index >= 15 is 0 Å². The molecule has 1 aromatic rings. The van der Waals surface area contributed by atoms with E-state index in [4.69, 9.17) is 9.47 Å². The summed E-state index contributed by atoms with van der Waals surface area (Å²) in [6.07, 6.45) is 1.84. The van der Waals surface area contributed by atoms with Crippen molar-refractivity contribution >= 4 is 15.9 Å². The molecular formula is C15H21BrFNO2. The molecule has 1 aliphatic rings. The van der Waals surface area contributed by atoms with Crippen molar-refractivity contribution in [2.24, 2.45) is 0 Å². The molecule has 1 saturated carbocycles. The summed E-state index contributed by atoms with van der Waals surface area (Å²) in [5.74, 6) is -0.0589. The van der Waals surface area contributed by atoms with E-state index in [1.807, 2.05) is 6.92 Å². The van der Waals surface area contributed by atoms with Gasteiger partial charge in [0.25, 0.3) is 0 Å². The second-order valence-electron chi connectivity index (χ2n) is 4.95. The number of ether oxygens (including phenoxy) is 2. The number of benzene rings is 1. The fourth-order valence-electron chi connectivity index (χ4n) is 2.38. The highest BCUT2D eigenvalue weighted by molar-refractivity contribution is 9.10. The summed E-state index contributed by atoms with van der Waals surface area (Å²) < 4.78 is 25.9. The van der Waals surface area contributed by atoms with Crippen molar-refractivity contribution in [1.82, 2.24) is 5.32 Å². The Balaban J connectivity index is 1.95. The first-order valence-corrected chi connectivity index (χ1v) is 7.91. The third-order valence-corrected chi connectivity index (χ3v) is 3.93. The minimum atomic E-state index is -0.348. The van der Waals surface area contributed by atoms with E-state index in [1.54, 1.807) is 12.1 Å². The van der Waals surface area contributed by atoms with E-state index in [-0.39, 0.29) is 23.8 Å². The summed E-state index contributed by atoms with van der Waals surface area (Å²) in [4.78, 5) is 0. The number of halogens is 2. The maximum Gasteiger partial charge on any atom is 0.166 e. The highest BCUT2D eigenvalue weighted by atomic mass is 79.9. The normalized spacial score (nSPS) is 25.3. The lowest BCUT2D eigenvalue weighted by Crippen LogP contribution is -2.61. The zero-order valence-electron chi connectivity index (χ0n) is 11.9. The summed E-state index contributed by atoms with van der Waals surface area (Å²) >= 11 is 3.24. The SMILES string of the molecule is CCCNC1CC(Oc2ccc(Br)cc2F)C1OCC. The fraction of sp³-hybridized carbons (Fsp3) is 0.600. The van der Waals surface area contributed by atoms with Crippen LogP contribution >= 0.6 is 15.9 Å². The zero-order chi connectivity index (χ0) is 14.5. The first-order chi connectivity index (χ1) is 9.65. The smallest absolute Gasteiger partial charge is 0.166 e. The third-order valence-electron chi connectivity index (χ3n) is 3.44. The van der Waals surface area contributed by atoms with Crippen molar-refractivity contribution < 1.29 is 13.9 Å². The standard InChI is InChI=1S/C15H21BrFNO2/c1-3-7-18-12-9-14(15(12)19-4-2)20-13-6-5-10(16)8-11(13)17/h5-6,8,12,14-15,18H,3-4,7,9H2,1-2H3. The lowest BCUT2D eigenvalue weighted by molar-refractivity contribution is -0.105. The van der Waals surface area contributed by atoms with Gasteiger partial charge in [0.1, 0.15) is 12.2 Å². The van der Waals surface area contributed by atoms with Gasteiger partial charge in [-0.25, -0.2) is 4.39 Å². The van der Waals surface area contributed by atoms with Crippen LogP contribution < -0.4 is 10.1 Å². The molecule has 20 heavy (non-hydrogen) atoms. The van der Waals surface area contributed by atoms with Crippen LogP contribution in [0, 0.1) is 5.82 Å². The molecule has 0 aromatic heterocycles. The predicted octanol–water partition coefficient (Wildman–Crippen LogP) is 3.51. The molecule has 0 heterocycles. The molecule has 2 rings (SSSR count). The van der Waals surface area contributed by atoms with Crippen LogP contribution in [0.1, 0.15) is 26.7 Å². The van der Waals surface area contributed by atoms with Gasteiger partial charge in [0.05, 0.1) is 0 Å². The molecule has 1 aromatic carbocycles. The van der Waals surface area contributed by atoms with Crippen LogP contribution in [0.3, 0.4) is 0 Å². The largest absolute Gasteiger partial charge is 0.485 e. The van der Waals surface area contributed by atoms with Crippen LogP contribution in [0.15, 0.2) is 22.7 Å². The summed E-state index contributed by atoms with van der Waals surface area (Å²) in [5, 5.41) is 3.44. The topological polar surface area (TPSA) is 30.5 Å².